The number of aryl methyl sites for hydroxylation is 1. The van der Waals surface area contributed by atoms with Crippen LogP contribution in [0.15, 0.2) is 52.2 Å². The van der Waals surface area contributed by atoms with E-state index in [2.05, 4.69) is 41.3 Å². The molecule has 1 aliphatic rings. The highest BCUT2D eigenvalue weighted by atomic mass is 16.3. The van der Waals surface area contributed by atoms with Gasteiger partial charge in [-0.1, -0.05) is 29.8 Å². The van der Waals surface area contributed by atoms with Crippen LogP contribution in [0.5, 0.6) is 0 Å². The van der Waals surface area contributed by atoms with Crippen molar-refractivity contribution in [2.24, 2.45) is 5.10 Å². The fraction of sp³-hybridized carbons (Fsp3) is 0.389. The van der Waals surface area contributed by atoms with Crippen LogP contribution in [0, 0.1) is 6.92 Å². The number of piperazine rings is 1. The van der Waals surface area contributed by atoms with Gasteiger partial charge < -0.3 is 9.32 Å². The molecule has 3 rings (SSSR count). The van der Waals surface area contributed by atoms with Crippen molar-refractivity contribution in [3.8, 4) is 0 Å². The summed E-state index contributed by atoms with van der Waals surface area (Å²) in [5.74, 6) is 0.856. The molecule has 2 heterocycles. The van der Waals surface area contributed by atoms with Gasteiger partial charge in [0.2, 0.25) is 0 Å². The van der Waals surface area contributed by atoms with E-state index in [1.807, 2.05) is 19.1 Å². The van der Waals surface area contributed by atoms with Gasteiger partial charge in [0.15, 0.2) is 0 Å². The van der Waals surface area contributed by atoms with Crippen LogP contribution < -0.4 is 4.90 Å². The van der Waals surface area contributed by atoms with E-state index >= 15 is 0 Å². The van der Waals surface area contributed by atoms with E-state index in [0.29, 0.717) is 0 Å². The highest BCUT2D eigenvalue weighted by Crippen LogP contribution is 2.05. The minimum atomic E-state index is 0.856. The fourth-order valence-electron chi connectivity index (χ4n) is 2.83. The summed E-state index contributed by atoms with van der Waals surface area (Å²) in [4.78, 5) is 1.63. The van der Waals surface area contributed by atoms with E-state index < -0.39 is 0 Å². The molecule has 0 atom stereocenters. The van der Waals surface area contributed by atoms with E-state index in [-0.39, 0.29) is 0 Å². The summed E-state index contributed by atoms with van der Waals surface area (Å²) >= 11 is 0. The number of rotatable bonds is 4. The Morgan fingerprint density at radius 2 is 1.91 bits per heavy atom. The summed E-state index contributed by atoms with van der Waals surface area (Å²) in [6.07, 6.45) is 1.69. The molecule has 22 heavy (non-hydrogen) atoms. The molecule has 116 valence electrons. The molecule has 0 spiro atoms. The second-order valence-electron chi connectivity index (χ2n) is 6.03. The Balaban J connectivity index is 1.52. The Labute approximate surface area is 132 Å². The zero-order valence-corrected chi connectivity index (χ0v) is 13.4. The molecule has 0 saturated carbocycles. The van der Waals surface area contributed by atoms with E-state index in [4.69, 9.17) is 4.42 Å². The van der Waals surface area contributed by atoms with Crippen molar-refractivity contribution >= 4 is 5.71 Å². The van der Waals surface area contributed by atoms with E-state index in [1.54, 1.807) is 11.2 Å². The molecule has 0 radical (unpaired) electrons. The lowest BCUT2D eigenvalue weighted by molar-refractivity contribution is -0.918. The molecule has 2 aromatic rings. The third-order valence-electron chi connectivity index (χ3n) is 4.19. The first kappa shape index (κ1) is 14.9. The summed E-state index contributed by atoms with van der Waals surface area (Å²) in [5.41, 5.74) is 3.70. The molecule has 4 nitrogen and oxygen atoms in total. The molecular weight excluding hydrogens is 274 g/mol. The molecule has 0 bridgehead atoms. The molecule has 1 aromatic heterocycles. The summed E-state index contributed by atoms with van der Waals surface area (Å²) in [5, 5.41) is 6.84. The van der Waals surface area contributed by atoms with Gasteiger partial charge in [-0.05, 0) is 26.0 Å². The van der Waals surface area contributed by atoms with E-state index in [0.717, 1.165) is 44.2 Å². The van der Waals surface area contributed by atoms with Gasteiger partial charge in [0.1, 0.15) is 12.3 Å². The van der Waals surface area contributed by atoms with Gasteiger partial charge in [0, 0.05) is 5.56 Å². The van der Waals surface area contributed by atoms with Crippen LogP contribution >= 0.6 is 0 Å². The van der Waals surface area contributed by atoms with Gasteiger partial charge in [-0.25, -0.2) is 0 Å². The molecule has 1 fully saturated rings. The zero-order chi connectivity index (χ0) is 15.4. The molecule has 1 aliphatic heterocycles. The molecule has 0 amide bonds. The van der Waals surface area contributed by atoms with Gasteiger partial charge in [0.05, 0.1) is 38.2 Å². The van der Waals surface area contributed by atoms with Gasteiger partial charge in [0.25, 0.3) is 0 Å². The number of nitrogens with one attached hydrogen (secondary N) is 1. The highest BCUT2D eigenvalue weighted by molar-refractivity contribution is 5.95. The molecular formula is C18H24N3O+. The number of nitrogens with zero attached hydrogens (tertiary/aromatic N) is 2. The number of hydrazone groups is 1. The zero-order valence-electron chi connectivity index (χ0n) is 13.4. The maximum atomic E-state index is 5.38. The van der Waals surface area contributed by atoms with Crippen molar-refractivity contribution in [3.05, 3.63) is 59.5 Å². The number of quaternary nitrogens is 1. The van der Waals surface area contributed by atoms with Crippen molar-refractivity contribution in [1.29, 1.82) is 0 Å². The SMILES string of the molecule is C/C(=N/N1CC[NH+](Cc2ccc(C)cc2)CC1)c1ccco1. The maximum absolute atomic E-state index is 5.38. The number of furan rings is 1. The third-order valence-corrected chi connectivity index (χ3v) is 4.19. The van der Waals surface area contributed by atoms with Crippen LogP contribution in [-0.2, 0) is 6.54 Å². The number of hydrogen-bond acceptors (Lipinski definition) is 3. The molecule has 1 N–H and O–H groups in total. The monoisotopic (exact) mass is 298 g/mol. The summed E-state index contributed by atoms with van der Waals surface area (Å²) in [6, 6.07) is 12.7. The summed E-state index contributed by atoms with van der Waals surface area (Å²) in [7, 11) is 0. The average Bonchev–Trinajstić information content (AvgIpc) is 3.06. The second-order valence-corrected chi connectivity index (χ2v) is 6.03. The third kappa shape index (κ3) is 3.77. The van der Waals surface area contributed by atoms with Crippen LogP contribution in [0.1, 0.15) is 23.8 Å². The first-order chi connectivity index (χ1) is 10.7. The Bertz CT molecular complexity index is 608. The summed E-state index contributed by atoms with van der Waals surface area (Å²) in [6.45, 7) is 9.50. The Kier molecular flexibility index (Phi) is 4.59. The Morgan fingerprint density at radius 1 is 1.18 bits per heavy atom. The van der Waals surface area contributed by atoms with Crippen molar-refractivity contribution in [2.45, 2.75) is 20.4 Å². The predicted octanol–water partition coefficient (Wildman–Crippen LogP) is 1.71. The van der Waals surface area contributed by atoms with Crippen LogP contribution in [0.3, 0.4) is 0 Å². The van der Waals surface area contributed by atoms with Gasteiger partial charge in [-0.15, -0.1) is 0 Å². The smallest absolute Gasteiger partial charge is 0.149 e. The molecule has 0 aliphatic carbocycles. The summed E-state index contributed by atoms with van der Waals surface area (Å²) < 4.78 is 5.38. The Morgan fingerprint density at radius 3 is 2.55 bits per heavy atom. The van der Waals surface area contributed by atoms with E-state index in [1.165, 1.54) is 11.1 Å². The standard InChI is InChI=1S/C18H23N3O/c1-15-5-7-17(8-6-15)14-20-9-11-21(12-10-20)19-16(2)18-4-3-13-22-18/h3-8,13H,9-12,14H2,1-2H3/p+1/b19-16-. The first-order valence-corrected chi connectivity index (χ1v) is 7.94. The fourth-order valence-corrected chi connectivity index (χ4v) is 2.83. The largest absolute Gasteiger partial charge is 0.463 e. The Hall–Kier alpha value is -2.07. The minimum absolute atomic E-state index is 0.856. The molecule has 0 unspecified atom stereocenters. The van der Waals surface area contributed by atoms with Gasteiger partial charge >= 0.3 is 0 Å². The molecule has 1 aromatic carbocycles. The average molecular weight is 298 g/mol. The lowest BCUT2D eigenvalue weighted by Crippen LogP contribution is -3.13. The normalized spacial score (nSPS) is 17.0. The molecule has 1 saturated heterocycles. The van der Waals surface area contributed by atoms with Crippen molar-refractivity contribution < 1.29 is 9.32 Å². The van der Waals surface area contributed by atoms with Gasteiger partial charge in [-0.3, -0.25) is 5.01 Å². The van der Waals surface area contributed by atoms with Gasteiger partial charge in [-0.2, -0.15) is 5.10 Å². The highest BCUT2D eigenvalue weighted by Gasteiger charge is 2.19. The quantitative estimate of drug-likeness (QED) is 0.872. The molecule has 4 heteroatoms. The van der Waals surface area contributed by atoms with Crippen molar-refractivity contribution in [2.75, 3.05) is 26.2 Å². The number of benzene rings is 1. The lowest BCUT2D eigenvalue weighted by Gasteiger charge is -2.30. The van der Waals surface area contributed by atoms with Crippen LogP contribution in [0.4, 0.5) is 0 Å². The minimum Gasteiger partial charge on any atom is -0.463 e. The van der Waals surface area contributed by atoms with Crippen molar-refractivity contribution in [3.63, 3.8) is 0 Å². The van der Waals surface area contributed by atoms with Crippen molar-refractivity contribution in [1.82, 2.24) is 5.01 Å². The first-order valence-electron chi connectivity index (χ1n) is 7.94. The van der Waals surface area contributed by atoms with Crippen LogP contribution in [0.2, 0.25) is 0 Å². The van der Waals surface area contributed by atoms with E-state index in [9.17, 15) is 0 Å². The van der Waals surface area contributed by atoms with Crippen LogP contribution in [-0.4, -0.2) is 36.9 Å². The topological polar surface area (TPSA) is 33.2 Å². The van der Waals surface area contributed by atoms with Crippen LogP contribution in [0.25, 0.3) is 0 Å². The lowest BCUT2D eigenvalue weighted by atomic mass is 10.1. The second kappa shape index (κ2) is 6.79. The maximum Gasteiger partial charge on any atom is 0.149 e. The predicted molar refractivity (Wildman–Crippen MR) is 88.1 cm³/mol. The number of hydrogen-bond donors (Lipinski definition) is 1.